The third kappa shape index (κ3) is 4.72. The van der Waals surface area contributed by atoms with E-state index in [1.165, 1.54) is 0 Å². The molecule has 2 heterocycles. The monoisotopic (exact) mass is 424 g/mol. The zero-order valence-electron chi connectivity index (χ0n) is 15.7. The van der Waals surface area contributed by atoms with E-state index in [0.29, 0.717) is 24.7 Å². The fourth-order valence-corrected chi connectivity index (χ4v) is 2.53. The second-order valence-corrected chi connectivity index (χ2v) is 7.41. The van der Waals surface area contributed by atoms with Gasteiger partial charge in [0.2, 0.25) is 5.91 Å². The molecule has 0 spiro atoms. The SMILES string of the molecule is CCn1cc(NC(=O)C(C)n2cc(Br)c(C)n2)c(C(=O)NCC(C)C)n1. The van der Waals surface area contributed by atoms with Crippen molar-refractivity contribution in [3.05, 3.63) is 28.3 Å². The van der Waals surface area contributed by atoms with Crippen molar-refractivity contribution in [2.45, 2.75) is 47.2 Å². The van der Waals surface area contributed by atoms with Crippen LogP contribution in [0.2, 0.25) is 0 Å². The molecule has 9 heteroatoms. The van der Waals surface area contributed by atoms with Gasteiger partial charge in [-0.25, -0.2) is 0 Å². The average molecular weight is 425 g/mol. The number of carbonyl (C=O) groups is 2. The van der Waals surface area contributed by atoms with Crippen LogP contribution in [0.3, 0.4) is 0 Å². The number of carbonyl (C=O) groups excluding carboxylic acids is 2. The molecule has 2 aromatic heterocycles. The van der Waals surface area contributed by atoms with E-state index in [9.17, 15) is 9.59 Å². The summed E-state index contributed by atoms with van der Waals surface area (Å²) in [6.07, 6.45) is 3.42. The van der Waals surface area contributed by atoms with Gasteiger partial charge in [0.1, 0.15) is 6.04 Å². The maximum Gasteiger partial charge on any atom is 0.273 e. The van der Waals surface area contributed by atoms with Gasteiger partial charge in [0.05, 0.1) is 15.9 Å². The highest BCUT2D eigenvalue weighted by molar-refractivity contribution is 9.10. The lowest BCUT2D eigenvalue weighted by Gasteiger charge is -2.13. The van der Waals surface area contributed by atoms with Crippen molar-refractivity contribution in [2.24, 2.45) is 5.92 Å². The van der Waals surface area contributed by atoms with Crippen LogP contribution in [0.15, 0.2) is 16.9 Å². The molecule has 2 rings (SSSR count). The minimum absolute atomic E-state index is 0.214. The summed E-state index contributed by atoms with van der Waals surface area (Å²) in [5, 5.41) is 14.2. The van der Waals surface area contributed by atoms with E-state index in [4.69, 9.17) is 0 Å². The van der Waals surface area contributed by atoms with E-state index in [1.807, 2.05) is 27.7 Å². The zero-order chi connectivity index (χ0) is 19.4. The van der Waals surface area contributed by atoms with Gasteiger partial charge in [-0.3, -0.25) is 19.0 Å². The van der Waals surface area contributed by atoms with E-state index in [-0.39, 0.29) is 17.5 Å². The van der Waals surface area contributed by atoms with Gasteiger partial charge in [-0.05, 0) is 42.6 Å². The molecule has 0 radical (unpaired) electrons. The predicted molar refractivity (Wildman–Crippen MR) is 103 cm³/mol. The van der Waals surface area contributed by atoms with Crippen molar-refractivity contribution in [2.75, 3.05) is 11.9 Å². The van der Waals surface area contributed by atoms with Gasteiger partial charge in [-0.1, -0.05) is 13.8 Å². The summed E-state index contributed by atoms with van der Waals surface area (Å²) >= 11 is 3.39. The van der Waals surface area contributed by atoms with E-state index in [2.05, 4.69) is 36.8 Å². The summed E-state index contributed by atoms with van der Waals surface area (Å²) in [4.78, 5) is 25.0. The zero-order valence-corrected chi connectivity index (χ0v) is 17.3. The number of rotatable bonds is 7. The molecule has 1 unspecified atom stereocenters. The Kier molecular flexibility index (Phi) is 6.57. The van der Waals surface area contributed by atoms with Crippen molar-refractivity contribution >= 4 is 33.4 Å². The quantitative estimate of drug-likeness (QED) is 0.714. The molecule has 0 fully saturated rings. The molecule has 2 amide bonds. The van der Waals surface area contributed by atoms with Gasteiger partial charge in [-0.2, -0.15) is 10.2 Å². The fraction of sp³-hybridized carbons (Fsp3) is 0.529. The second kappa shape index (κ2) is 8.48. The highest BCUT2D eigenvalue weighted by Crippen LogP contribution is 2.19. The Hall–Kier alpha value is -2.16. The normalized spacial score (nSPS) is 12.3. The Morgan fingerprint density at radius 3 is 2.46 bits per heavy atom. The average Bonchev–Trinajstić information content (AvgIpc) is 3.15. The van der Waals surface area contributed by atoms with Crippen molar-refractivity contribution in [1.29, 1.82) is 0 Å². The van der Waals surface area contributed by atoms with Gasteiger partial charge < -0.3 is 10.6 Å². The first kappa shape index (κ1) is 20.2. The summed E-state index contributed by atoms with van der Waals surface area (Å²) in [6.45, 7) is 10.7. The molecule has 142 valence electrons. The van der Waals surface area contributed by atoms with Crippen LogP contribution in [-0.4, -0.2) is 37.9 Å². The third-order valence-electron chi connectivity index (χ3n) is 3.86. The van der Waals surface area contributed by atoms with Gasteiger partial charge in [0.15, 0.2) is 5.69 Å². The van der Waals surface area contributed by atoms with E-state index >= 15 is 0 Å². The number of hydrogen-bond donors (Lipinski definition) is 2. The van der Waals surface area contributed by atoms with Crippen molar-refractivity contribution in [3.63, 3.8) is 0 Å². The lowest BCUT2D eigenvalue weighted by atomic mass is 10.2. The predicted octanol–water partition coefficient (Wildman–Crippen LogP) is 2.76. The topological polar surface area (TPSA) is 93.8 Å². The summed E-state index contributed by atoms with van der Waals surface area (Å²) < 4.78 is 4.04. The van der Waals surface area contributed by atoms with Gasteiger partial charge in [0.25, 0.3) is 5.91 Å². The van der Waals surface area contributed by atoms with E-state index < -0.39 is 6.04 Å². The molecule has 2 aromatic rings. The molecule has 0 aliphatic carbocycles. The third-order valence-corrected chi connectivity index (χ3v) is 4.64. The molecule has 2 N–H and O–H groups in total. The second-order valence-electron chi connectivity index (χ2n) is 6.56. The highest BCUT2D eigenvalue weighted by Gasteiger charge is 2.22. The van der Waals surface area contributed by atoms with Crippen LogP contribution in [0.5, 0.6) is 0 Å². The molecule has 8 nitrogen and oxygen atoms in total. The maximum atomic E-state index is 12.6. The number of halogens is 1. The summed E-state index contributed by atoms with van der Waals surface area (Å²) in [7, 11) is 0. The molecule has 0 saturated carbocycles. The van der Waals surface area contributed by atoms with Crippen molar-refractivity contribution < 1.29 is 9.59 Å². The molecule has 26 heavy (non-hydrogen) atoms. The summed E-state index contributed by atoms with van der Waals surface area (Å²) in [6, 6.07) is -0.531. The summed E-state index contributed by atoms with van der Waals surface area (Å²) in [5.41, 5.74) is 1.41. The Morgan fingerprint density at radius 1 is 1.23 bits per heavy atom. The lowest BCUT2D eigenvalue weighted by Crippen LogP contribution is -2.29. The van der Waals surface area contributed by atoms with Crippen LogP contribution < -0.4 is 10.6 Å². The minimum atomic E-state index is -0.531. The summed E-state index contributed by atoms with van der Waals surface area (Å²) in [5.74, 6) is -0.244. The maximum absolute atomic E-state index is 12.6. The number of nitrogens with one attached hydrogen (secondary N) is 2. The van der Waals surface area contributed by atoms with Crippen LogP contribution in [0.4, 0.5) is 5.69 Å². The van der Waals surface area contributed by atoms with E-state index in [0.717, 1.165) is 10.2 Å². The van der Waals surface area contributed by atoms with E-state index in [1.54, 1.807) is 28.7 Å². The first-order valence-corrected chi connectivity index (χ1v) is 9.40. The Morgan fingerprint density at radius 2 is 1.92 bits per heavy atom. The number of aromatic nitrogens is 4. The number of nitrogens with zero attached hydrogens (tertiary/aromatic N) is 4. The largest absolute Gasteiger partial charge is 0.350 e. The smallest absolute Gasteiger partial charge is 0.273 e. The molecule has 0 saturated heterocycles. The Bertz CT molecular complexity index is 776. The van der Waals surface area contributed by atoms with Crippen LogP contribution in [0.1, 0.15) is 49.9 Å². The molecule has 0 aromatic carbocycles. The Balaban J connectivity index is 2.18. The molecule has 0 aliphatic rings. The van der Waals surface area contributed by atoms with Crippen molar-refractivity contribution in [1.82, 2.24) is 24.9 Å². The molecule has 0 aliphatic heterocycles. The fourth-order valence-electron chi connectivity index (χ4n) is 2.24. The Labute approximate surface area is 161 Å². The first-order chi connectivity index (χ1) is 12.2. The first-order valence-electron chi connectivity index (χ1n) is 8.60. The van der Waals surface area contributed by atoms with Crippen LogP contribution in [-0.2, 0) is 11.3 Å². The highest BCUT2D eigenvalue weighted by atomic mass is 79.9. The van der Waals surface area contributed by atoms with Gasteiger partial charge >= 0.3 is 0 Å². The standard InChI is InChI=1S/C17H25BrN6O2/c1-6-23-9-14(15(22-23)17(26)19-7-10(2)3)20-16(25)12(5)24-8-13(18)11(4)21-24/h8-10,12H,6-7H2,1-5H3,(H,19,26)(H,20,25). The van der Waals surface area contributed by atoms with Crippen molar-refractivity contribution in [3.8, 4) is 0 Å². The van der Waals surface area contributed by atoms with Gasteiger partial charge in [0, 0.05) is 25.5 Å². The lowest BCUT2D eigenvalue weighted by molar-refractivity contribution is -0.119. The van der Waals surface area contributed by atoms with Gasteiger partial charge in [-0.15, -0.1) is 0 Å². The molecule has 0 bridgehead atoms. The molecular weight excluding hydrogens is 400 g/mol. The van der Waals surface area contributed by atoms with Crippen LogP contribution in [0.25, 0.3) is 0 Å². The number of anilines is 1. The number of aryl methyl sites for hydroxylation is 2. The van der Waals surface area contributed by atoms with Crippen LogP contribution in [0, 0.1) is 12.8 Å². The van der Waals surface area contributed by atoms with Crippen LogP contribution >= 0.6 is 15.9 Å². The molecule has 1 atom stereocenters. The number of hydrogen-bond acceptors (Lipinski definition) is 4. The molecular formula is C17H25BrN6O2. The number of amides is 2. The minimum Gasteiger partial charge on any atom is -0.350 e.